The fourth-order valence-corrected chi connectivity index (χ4v) is 2.30. The van der Waals surface area contributed by atoms with Crippen molar-refractivity contribution in [2.75, 3.05) is 11.9 Å². The zero-order chi connectivity index (χ0) is 13.0. The summed E-state index contributed by atoms with van der Waals surface area (Å²) in [4.78, 5) is 11.7. The maximum absolute atomic E-state index is 13.5. The molecule has 0 aromatic heterocycles. The third kappa shape index (κ3) is 3.78. The van der Waals surface area contributed by atoms with Gasteiger partial charge >= 0.3 is 0 Å². The van der Waals surface area contributed by atoms with Crippen molar-refractivity contribution in [2.24, 2.45) is 0 Å². The molecule has 0 spiro atoms. The number of benzene rings is 1. The summed E-state index contributed by atoms with van der Waals surface area (Å²) in [5.74, 6) is -0.610. The van der Waals surface area contributed by atoms with Crippen LogP contribution in [-0.4, -0.2) is 18.6 Å². The quantitative estimate of drug-likeness (QED) is 0.923. The first-order chi connectivity index (χ1) is 8.65. The Morgan fingerprint density at radius 1 is 1.56 bits per heavy atom. The molecule has 2 rings (SSSR count). The second kappa shape index (κ2) is 6.29. The number of carbonyl (C=O) groups is 1. The van der Waals surface area contributed by atoms with Crippen LogP contribution in [0.2, 0.25) is 0 Å². The Hall–Kier alpha value is -0.940. The number of rotatable bonds is 4. The first-order valence-corrected chi connectivity index (χ1v) is 6.81. The molecule has 1 amide bonds. The van der Waals surface area contributed by atoms with Crippen molar-refractivity contribution in [2.45, 2.75) is 31.8 Å². The smallest absolute Gasteiger partial charge is 0.224 e. The van der Waals surface area contributed by atoms with Gasteiger partial charge in [0.25, 0.3) is 0 Å². The summed E-state index contributed by atoms with van der Waals surface area (Å²) >= 11 is 3.17. The molecule has 0 radical (unpaired) electrons. The normalized spacial score (nSPS) is 18.9. The van der Waals surface area contributed by atoms with Crippen LogP contribution < -0.4 is 5.32 Å². The Kier molecular flexibility index (Phi) is 4.72. The molecule has 1 aromatic rings. The van der Waals surface area contributed by atoms with Gasteiger partial charge in [-0.2, -0.15) is 0 Å². The van der Waals surface area contributed by atoms with Crippen LogP contribution >= 0.6 is 15.9 Å². The Balaban J connectivity index is 1.82. The van der Waals surface area contributed by atoms with Gasteiger partial charge in [-0.15, -0.1) is 0 Å². The minimum absolute atomic E-state index is 0.174. The van der Waals surface area contributed by atoms with Crippen LogP contribution in [0, 0.1) is 5.82 Å². The molecule has 1 aromatic carbocycles. The van der Waals surface area contributed by atoms with Gasteiger partial charge in [0.1, 0.15) is 5.82 Å². The van der Waals surface area contributed by atoms with E-state index in [1.807, 2.05) is 0 Å². The first-order valence-electron chi connectivity index (χ1n) is 6.01. The molecule has 5 heteroatoms. The maximum Gasteiger partial charge on any atom is 0.224 e. The number of nitrogens with one attached hydrogen (secondary N) is 1. The van der Waals surface area contributed by atoms with Crippen LogP contribution in [0.15, 0.2) is 22.7 Å². The highest BCUT2D eigenvalue weighted by Gasteiger charge is 2.17. The average molecular weight is 316 g/mol. The number of carbonyl (C=O) groups excluding carboxylic acids is 1. The lowest BCUT2D eigenvalue weighted by molar-refractivity contribution is -0.116. The van der Waals surface area contributed by atoms with E-state index < -0.39 is 5.82 Å². The summed E-state index contributed by atoms with van der Waals surface area (Å²) in [6.07, 6.45) is 3.32. The maximum atomic E-state index is 13.5. The largest absolute Gasteiger partial charge is 0.378 e. The summed E-state index contributed by atoms with van der Waals surface area (Å²) in [5.41, 5.74) is 0.218. The molecule has 1 aliphatic heterocycles. The molecule has 0 aliphatic carbocycles. The number of hydrogen-bond donors (Lipinski definition) is 1. The van der Waals surface area contributed by atoms with Gasteiger partial charge < -0.3 is 10.1 Å². The lowest BCUT2D eigenvalue weighted by atomic mass is 10.1. The Morgan fingerprint density at radius 2 is 2.39 bits per heavy atom. The van der Waals surface area contributed by atoms with Gasteiger partial charge in [-0.1, -0.05) is 15.9 Å². The lowest BCUT2D eigenvalue weighted by Crippen LogP contribution is -2.15. The zero-order valence-corrected chi connectivity index (χ0v) is 11.5. The zero-order valence-electron chi connectivity index (χ0n) is 9.92. The van der Waals surface area contributed by atoms with E-state index in [-0.39, 0.29) is 17.7 Å². The second-order valence-corrected chi connectivity index (χ2v) is 5.26. The van der Waals surface area contributed by atoms with E-state index in [1.54, 1.807) is 12.1 Å². The summed E-state index contributed by atoms with van der Waals surface area (Å²) in [5, 5.41) is 2.57. The standard InChI is InChI=1S/C13H15BrFNO2/c14-9-3-5-12(11(15)8-9)16-13(17)6-4-10-2-1-7-18-10/h3,5,8,10H,1-2,4,6-7H2,(H,16,17). The minimum atomic E-state index is -0.435. The fraction of sp³-hybridized carbons (Fsp3) is 0.462. The second-order valence-electron chi connectivity index (χ2n) is 4.35. The van der Waals surface area contributed by atoms with Crippen molar-refractivity contribution in [1.82, 2.24) is 0 Å². The molecule has 3 nitrogen and oxygen atoms in total. The Bertz CT molecular complexity index is 433. The molecule has 1 saturated heterocycles. The molecule has 0 bridgehead atoms. The van der Waals surface area contributed by atoms with Gasteiger partial charge in [-0.25, -0.2) is 4.39 Å². The molecule has 1 heterocycles. The van der Waals surface area contributed by atoms with Crippen molar-refractivity contribution >= 4 is 27.5 Å². The van der Waals surface area contributed by atoms with Crippen molar-refractivity contribution in [3.63, 3.8) is 0 Å². The monoisotopic (exact) mass is 315 g/mol. The molecule has 1 atom stereocenters. The van der Waals surface area contributed by atoms with E-state index in [1.165, 1.54) is 6.07 Å². The number of amides is 1. The van der Waals surface area contributed by atoms with E-state index in [2.05, 4.69) is 21.2 Å². The highest BCUT2D eigenvalue weighted by molar-refractivity contribution is 9.10. The van der Waals surface area contributed by atoms with Crippen LogP contribution in [0.25, 0.3) is 0 Å². The lowest BCUT2D eigenvalue weighted by Gasteiger charge is -2.10. The predicted molar refractivity (Wildman–Crippen MR) is 70.9 cm³/mol. The fourth-order valence-electron chi connectivity index (χ4n) is 1.97. The van der Waals surface area contributed by atoms with Crippen molar-refractivity contribution in [3.8, 4) is 0 Å². The van der Waals surface area contributed by atoms with Crippen LogP contribution in [0.1, 0.15) is 25.7 Å². The van der Waals surface area contributed by atoms with E-state index in [0.717, 1.165) is 19.4 Å². The van der Waals surface area contributed by atoms with E-state index in [9.17, 15) is 9.18 Å². The van der Waals surface area contributed by atoms with Crippen molar-refractivity contribution in [3.05, 3.63) is 28.5 Å². The van der Waals surface area contributed by atoms with Crippen LogP contribution in [0.4, 0.5) is 10.1 Å². The topological polar surface area (TPSA) is 38.3 Å². The van der Waals surface area contributed by atoms with Gasteiger partial charge in [0.2, 0.25) is 5.91 Å². The molecule has 1 unspecified atom stereocenters. The highest BCUT2D eigenvalue weighted by Crippen LogP contribution is 2.20. The van der Waals surface area contributed by atoms with Gasteiger partial charge in [-0.05, 0) is 37.5 Å². The summed E-state index contributed by atoms with van der Waals surface area (Å²) in [7, 11) is 0. The van der Waals surface area contributed by atoms with Gasteiger partial charge in [0.15, 0.2) is 0 Å². The summed E-state index contributed by atoms with van der Waals surface area (Å²) in [6.45, 7) is 0.785. The molecule has 98 valence electrons. The third-order valence-electron chi connectivity index (χ3n) is 2.92. The molecule has 1 fully saturated rings. The van der Waals surface area contributed by atoms with Crippen LogP contribution in [0.5, 0.6) is 0 Å². The average Bonchev–Trinajstić information content (AvgIpc) is 2.83. The summed E-state index contributed by atoms with van der Waals surface area (Å²) in [6, 6.07) is 4.57. The predicted octanol–water partition coefficient (Wildman–Crippen LogP) is 3.49. The summed E-state index contributed by atoms with van der Waals surface area (Å²) < 4.78 is 19.6. The molecule has 1 N–H and O–H groups in total. The van der Waals surface area contributed by atoms with Crippen molar-refractivity contribution in [1.29, 1.82) is 0 Å². The van der Waals surface area contributed by atoms with Gasteiger partial charge in [0.05, 0.1) is 11.8 Å². The highest BCUT2D eigenvalue weighted by atomic mass is 79.9. The first kappa shape index (κ1) is 13.5. The molecule has 1 aliphatic rings. The SMILES string of the molecule is O=C(CCC1CCCO1)Nc1ccc(Br)cc1F. The minimum Gasteiger partial charge on any atom is -0.378 e. The van der Waals surface area contributed by atoms with E-state index in [4.69, 9.17) is 4.74 Å². The molecule has 0 saturated carbocycles. The Morgan fingerprint density at radius 3 is 3.06 bits per heavy atom. The van der Waals surface area contributed by atoms with E-state index in [0.29, 0.717) is 17.3 Å². The number of ether oxygens (including phenoxy) is 1. The van der Waals surface area contributed by atoms with Crippen LogP contribution in [-0.2, 0) is 9.53 Å². The van der Waals surface area contributed by atoms with Gasteiger partial charge in [-0.3, -0.25) is 4.79 Å². The van der Waals surface area contributed by atoms with E-state index >= 15 is 0 Å². The number of hydrogen-bond acceptors (Lipinski definition) is 2. The van der Waals surface area contributed by atoms with Gasteiger partial charge in [0, 0.05) is 17.5 Å². The molecular weight excluding hydrogens is 301 g/mol. The van der Waals surface area contributed by atoms with Crippen molar-refractivity contribution < 1.29 is 13.9 Å². The molecular formula is C13H15BrFNO2. The Labute approximate surface area is 114 Å². The number of anilines is 1. The molecule has 18 heavy (non-hydrogen) atoms. The third-order valence-corrected chi connectivity index (χ3v) is 3.42. The van der Waals surface area contributed by atoms with Crippen LogP contribution in [0.3, 0.4) is 0 Å². The number of halogens is 2.